The topological polar surface area (TPSA) is 84.5 Å². The average Bonchev–Trinajstić information content (AvgIpc) is 3.14. The third-order valence-corrected chi connectivity index (χ3v) is 5.37. The highest BCUT2D eigenvalue weighted by Crippen LogP contribution is 2.36. The SMILES string of the molecule is C=C1NC2(CCN(c3cc(Cl)cc4[nH]ncc34)CC2)C(=O)N1CCO. The number of piperidine rings is 1. The zero-order chi connectivity index (χ0) is 17.6. The fourth-order valence-electron chi connectivity index (χ4n) is 3.84. The lowest BCUT2D eigenvalue weighted by Crippen LogP contribution is -2.54. The molecule has 1 amide bonds. The Morgan fingerprint density at radius 1 is 1.36 bits per heavy atom. The highest BCUT2D eigenvalue weighted by molar-refractivity contribution is 6.31. The molecule has 2 fully saturated rings. The summed E-state index contributed by atoms with van der Waals surface area (Å²) in [6.45, 7) is 5.56. The number of nitrogens with one attached hydrogen (secondary N) is 2. The third kappa shape index (κ3) is 2.54. The Kier molecular flexibility index (Phi) is 3.85. The minimum Gasteiger partial charge on any atom is -0.395 e. The van der Waals surface area contributed by atoms with Gasteiger partial charge in [0.15, 0.2) is 0 Å². The molecular weight excluding hydrogens is 342 g/mol. The standard InChI is InChI=1S/C17H20ClN5O2/c1-11-20-17(16(25)23(11)6-7-24)2-4-22(5-3-17)15-9-12(18)8-14-13(15)10-19-21-14/h8-10,20,24H,1-7H2,(H,19,21). The number of anilines is 1. The zero-order valence-electron chi connectivity index (χ0n) is 13.8. The molecule has 2 aliphatic heterocycles. The van der Waals surface area contributed by atoms with E-state index in [1.165, 1.54) is 0 Å². The van der Waals surface area contributed by atoms with Crippen LogP contribution in [0, 0.1) is 0 Å². The molecule has 2 aromatic rings. The molecule has 2 saturated heterocycles. The van der Waals surface area contributed by atoms with Gasteiger partial charge in [-0.05, 0) is 25.0 Å². The summed E-state index contributed by atoms with van der Waals surface area (Å²) in [6.07, 6.45) is 3.13. The first kappa shape index (κ1) is 16.2. The average molecular weight is 362 g/mol. The molecule has 25 heavy (non-hydrogen) atoms. The lowest BCUT2D eigenvalue weighted by Gasteiger charge is -2.39. The molecule has 1 aromatic heterocycles. The Bertz CT molecular complexity index is 841. The number of aromatic nitrogens is 2. The highest BCUT2D eigenvalue weighted by atomic mass is 35.5. The number of benzene rings is 1. The number of carbonyl (C=O) groups is 1. The van der Waals surface area contributed by atoms with E-state index in [2.05, 4.69) is 27.0 Å². The van der Waals surface area contributed by atoms with Crippen molar-refractivity contribution in [1.29, 1.82) is 0 Å². The Hall–Kier alpha value is -2.25. The van der Waals surface area contributed by atoms with Gasteiger partial charge in [-0.1, -0.05) is 18.2 Å². The molecule has 4 rings (SSSR count). The molecule has 0 aliphatic carbocycles. The fourth-order valence-corrected chi connectivity index (χ4v) is 4.06. The Balaban J connectivity index is 1.56. The van der Waals surface area contributed by atoms with Crippen LogP contribution in [0.15, 0.2) is 30.7 Å². The number of hydrogen-bond donors (Lipinski definition) is 3. The molecule has 3 heterocycles. The van der Waals surface area contributed by atoms with Gasteiger partial charge in [-0.25, -0.2) is 0 Å². The van der Waals surface area contributed by atoms with Gasteiger partial charge in [-0.3, -0.25) is 14.8 Å². The van der Waals surface area contributed by atoms with Crippen LogP contribution in [-0.2, 0) is 4.79 Å². The summed E-state index contributed by atoms with van der Waals surface area (Å²) in [5, 5.41) is 21.2. The molecule has 0 unspecified atom stereocenters. The summed E-state index contributed by atoms with van der Waals surface area (Å²) in [7, 11) is 0. The summed E-state index contributed by atoms with van der Waals surface area (Å²) in [5.74, 6) is 0.582. The lowest BCUT2D eigenvalue weighted by molar-refractivity contribution is -0.132. The number of aliphatic hydroxyl groups excluding tert-OH is 1. The molecule has 132 valence electrons. The molecule has 0 saturated carbocycles. The van der Waals surface area contributed by atoms with Crippen LogP contribution in [0.5, 0.6) is 0 Å². The van der Waals surface area contributed by atoms with Gasteiger partial charge in [0, 0.05) is 29.2 Å². The highest BCUT2D eigenvalue weighted by Gasteiger charge is 2.49. The monoisotopic (exact) mass is 361 g/mol. The number of halogens is 1. The maximum absolute atomic E-state index is 12.8. The number of β-amino-alcohol motifs (C(OH)–C–C–N with tert-alkyl or cyclic N) is 1. The number of aromatic amines is 1. The number of nitrogens with zero attached hydrogens (tertiary/aromatic N) is 3. The van der Waals surface area contributed by atoms with E-state index in [0.29, 0.717) is 23.7 Å². The molecule has 1 spiro atoms. The summed E-state index contributed by atoms with van der Waals surface area (Å²) in [5.41, 5.74) is 1.32. The normalized spacial score (nSPS) is 19.9. The predicted molar refractivity (Wildman–Crippen MR) is 96.4 cm³/mol. The number of rotatable bonds is 3. The first-order chi connectivity index (χ1) is 12.0. The van der Waals surface area contributed by atoms with Gasteiger partial charge in [0.25, 0.3) is 5.91 Å². The van der Waals surface area contributed by atoms with E-state index in [1.807, 2.05) is 12.1 Å². The van der Waals surface area contributed by atoms with Gasteiger partial charge < -0.3 is 15.3 Å². The van der Waals surface area contributed by atoms with E-state index >= 15 is 0 Å². The second-order valence-electron chi connectivity index (χ2n) is 6.58. The van der Waals surface area contributed by atoms with Crippen molar-refractivity contribution in [3.05, 3.63) is 35.8 Å². The van der Waals surface area contributed by atoms with Gasteiger partial charge in [0.2, 0.25) is 0 Å². The number of amides is 1. The molecule has 1 aromatic carbocycles. The van der Waals surface area contributed by atoms with Gasteiger partial charge in [0.1, 0.15) is 11.4 Å². The molecule has 3 N–H and O–H groups in total. The van der Waals surface area contributed by atoms with E-state index in [-0.39, 0.29) is 19.1 Å². The van der Waals surface area contributed by atoms with Crippen molar-refractivity contribution in [1.82, 2.24) is 20.4 Å². The van der Waals surface area contributed by atoms with Crippen molar-refractivity contribution >= 4 is 34.1 Å². The van der Waals surface area contributed by atoms with Crippen LogP contribution in [0.2, 0.25) is 5.02 Å². The molecular formula is C17H20ClN5O2. The number of carbonyl (C=O) groups excluding carboxylic acids is 1. The van der Waals surface area contributed by atoms with Gasteiger partial charge >= 0.3 is 0 Å². The summed E-state index contributed by atoms with van der Waals surface area (Å²) < 4.78 is 0. The second kappa shape index (κ2) is 5.93. The van der Waals surface area contributed by atoms with Crippen LogP contribution in [0.4, 0.5) is 5.69 Å². The smallest absolute Gasteiger partial charge is 0.253 e. The Morgan fingerprint density at radius 3 is 2.84 bits per heavy atom. The third-order valence-electron chi connectivity index (χ3n) is 5.15. The molecule has 7 nitrogen and oxygen atoms in total. The summed E-state index contributed by atoms with van der Waals surface area (Å²) in [4.78, 5) is 16.6. The number of hydrogen-bond acceptors (Lipinski definition) is 5. The first-order valence-corrected chi connectivity index (χ1v) is 8.69. The van der Waals surface area contributed by atoms with Gasteiger partial charge in [-0.15, -0.1) is 0 Å². The summed E-state index contributed by atoms with van der Waals surface area (Å²) >= 11 is 6.23. The Labute approximate surface area is 150 Å². The number of fused-ring (bicyclic) bond motifs is 1. The minimum absolute atomic E-state index is 0.00533. The molecule has 2 aliphatic rings. The van der Waals surface area contributed by atoms with Gasteiger partial charge in [-0.2, -0.15) is 5.10 Å². The molecule has 0 radical (unpaired) electrons. The Morgan fingerprint density at radius 2 is 2.12 bits per heavy atom. The van der Waals surface area contributed by atoms with Crippen LogP contribution in [0.3, 0.4) is 0 Å². The number of H-pyrrole nitrogens is 1. The summed E-state index contributed by atoms with van der Waals surface area (Å²) in [6, 6.07) is 3.80. The molecule has 0 bridgehead atoms. The van der Waals surface area contributed by atoms with Gasteiger partial charge in [0.05, 0.1) is 24.9 Å². The lowest BCUT2D eigenvalue weighted by atomic mass is 9.87. The van der Waals surface area contributed by atoms with Crippen LogP contribution in [0.25, 0.3) is 10.9 Å². The first-order valence-electron chi connectivity index (χ1n) is 8.31. The van der Waals surface area contributed by atoms with Crippen molar-refractivity contribution in [2.75, 3.05) is 31.1 Å². The van der Waals surface area contributed by atoms with E-state index in [0.717, 1.165) is 29.7 Å². The van der Waals surface area contributed by atoms with E-state index in [1.54, 1.807) is 11.1 Å². The van der Waals surface area contributed by atoms with Crippen LogP contribution >= 0.6 is 11.6 Å². The zero-order valence-corrected chi connectivity index (χ0v) is 14.5. The van der Waals surface area contributed by atoms with Crippen molar-refractivity contribution in [3.8, 4) is 0 Å². The minimum atomic E-state index is -0.614. The predicted octanol–water partition coefficient (Wildman–Crippen LogP) is 1.45. The van der Waals surface area contributed by atoms with E-state index < -0.39 is 5.54 Å². The molecule has 0 atom stereocenters. The van der Waals surface area contributed by atoms with Crippen molar-refractivity contribution < 1.29 is 9.90 Å². The second-order valence-corrected chi connectivity index (χ2v) is 7.01. The van der Waals surface area contributed by atoms with Crippen molar-refractivity contribution in [2.45, 2.75) is 18.4 Å². The van der Waals surface area contributed by atoms with E-state index in [4.69, 9.17) is 16.7 Å². The maximum Gasteiger partial charge on any atom is 0.253 e. The van der Waals surface area contributed by atoms with Crippen LogP contribution < -0.4 is 10.2 Å². The maximum atomic E-state index is 12.8. The largest absolute Gasteiger partial charge is 0.395 e. The van der Waals surface area contributed by atoms with Crippen molar-refractivity contribution in [2.24, 2.45) is 0 Å². The van der Waals surface area contributed by atoms with E-state index in [9.17, 15) is 4.79 Å². The number of aliphatic hydroxyl groups is 1. The van der Waals surface area contributed by atoms with Crippen LogP contribution in [-0.4, -0.2) is 57.9 Å². The fraction of sp³-hybridized carbons (Fsp3) is 0.412. The quantitative estimate of drug-likeness (QED) is 0.770. The molecule has 8 heteroatoms. The van der Waals surface area contributed by atoms with Crippen LogP contribution in [0.1, 0.15) is 12.8 Å². The van der Waals surface area contributed by atoms with Crippen molar-refractivity contribution in [3.63, 3.8) is 0 Å².